The fourth-order valence-corrected chi connectivity index (χ4v) is 3.69. The summed E-state index contributed by atoms with van der Waals surface area (Å²) >= 11 is 12.0. The Morgan fingerprint density at radius 2 is 1.84 bits per heavy atom. The molecule has 5 heteroatoms. The number of aryl methyl sites for hydroxylation is 1. The third-order valence-electron chi connectivity index (χ3n) is 4.70. The molecule has 3 nitrogen and oxygen atoms in total. The number of anilines is 1. The molecule has 0 radical (unpaired) electrons. The molecular formula is C20H22Cl2N2O. The Bertz CT molecular complexity index is 755. The molecule has 25 heavy (non-hydrogen) atoms. The van der Waals surface area contributed by atoms with Crippen molar-refractivity contribution in [3.63, 3.8) is 0 Å². The van der Waals surface area contributed by atoms with Crippen LogP contribution in [0.4, 0.5) is 5.69 Å². The van der Waals surface area contributed by atoms with Crippen molar-refractivity contribution in [3.05, 3.63) is 63.6 Å². The van der Waals surface area contributed by atoms with Gasteiger partial charge in [0.1, 0.15) is 0 Å². The second kappa shape index (κ2) is 8.22. The second-order valence-electron chi connectivity index (χ2n) is 6.63. The Hall–Kier alpha value is -1.55. The molecule has 1 N–H and O–H groups in total. The minimum absolute atomic E-state index is 0.0608. The van der Waals surface area contributed by atoms with Gasteiger partial charge in [-0.15, -0.1) is 0 Å². The number of likely N-dealkylation sites (tertiary alicyclic amines) is 1. The van der Waals surface area contributed by atoms with Crippen LogP contribution in [0.1, 0.15) is 24.0 Å². The lowest BCUT2D eigenvalue weighted by Gasteiger charge is -2.31. The smallest absolute Gasteiger partial charge is 0.227 e. The number of amides is 1. The number of carbonyl (C=O) groups is 1. The number of nitrogens with one attached hydrogen (secondary N) is 1. The van der Waals surface area contributed by atoms with E-state index in [0.29, 0.717) is 5.02 Å². The molecule has 1 aliphatic heterocycles. The maximum absolute atomic E-state index is 12.5. The molecule has 1 saturated heterocycles. The molecule has 0 bridgehead atoms. The van der Waals surface area contributed by atoms with Crippen LogP contribution in [0.2, 0.25) is 10.0 Å². The first-order chi connectivity index (χ1) is 12.0. The first-order valence-electron chi connectivity index (χ1n) is 8.55. The monoisotopic (exact) mass is 376 g/mol. The van der Waals surface area contributed by atoms with Gasteiger partial charge in [0, 0.05) is 28.2 Å². The van der Waals surface area contributed by atoms with Crippen molar-refractivity contribution in [1.29, 1.82) is 0 Å². The van der Waals surface area contributed by atoms with Crippen LogP contribution in [0.25, 0.3) is 0 Å². The topological polar surface area (TPSA) is 32.3 Å². The fraction of sp³-hybridized carbons (Fsp3) is 0.350. The minimum atomic E-state index is 0.0608. The van der Waals surface area contributed by atoms with E-state index < -0.39 is 0 Å². The van der Waals surface area contributed by atoms with E-state index in [1.807, 2.05) is 37.3 Å². The van der Waals surface area contributed by atoms with Crippen LogP contribution in [0.3, 0.4) is 0 Å². The average Bonchev–Trinajstić information content (AvgIpc) is 2.58. The summed E-state index contributed by atoms with van der Waals surface area (Å²) in [6.07, 6.45) is 1.75. The molecule has 132 valence electrons. The van der Waals surface area contributed by atoms with Crippen molar-refractivity contribution < 1.29 is 4.79 Å². The zero-order valence-corrected chi connectivity index (χ0v) is 15.8. The lowest BCUT2D eigenvalue weighted by molar-refractivity contribution is -0.121. The van der Waals surface area contributed by atoms with Crippen molar-refractivity contribution in [1.82, 2.24) is 4.90 Å². The molecule has 0 unspecified atom stereocenters. The highest BCUT2D eigenvalue weighted by molar-refractivity contribution is 6.31. The predicted molar refractivity (Wildman–Crippen MR) is 104 cm³/mol. The Morgan fingerprint density at radius 1 is 1.12 bits per heavy atom. The molecule has 1 amide bonds. The van der Waals surface area contributed by atoms with E-state index in [1.54, 1.807) is 6.07 Å². The lowest BCUT2D eigenvalue weighted by Crippen LogP contribution is -2.37. The van der Waals surface area contributed by atoms with Crippen LogP contribution < -0.4 is 5.32 Å². The van der Waals surface area contributed by atoms with Gasteiger partial charge < -0.3 is 5.32 Å². The maximum atomic E-state index is 12.5. The SMILES string of the molecule is Cc1cc(Cl)ccc1NC(=O)C1CCN(Cc2cccc(Cl)c2)CC1. The summed E-state index contributed by atoms with van der Waals surface area (Å²) in [6.45, 7) is 4.68. The zero-order chi connectivity index (χ0) is 17.8. The molecule has 3 rings (SSSR count). The summed E-state index contributed by atoms with van der Waals surface area (Å²) in [4.78, 5) is 14.9. The van der Waals surface area contributed by atoms with E-state index in [9.17, 15) is 4.79 Å². The highest BCUT2D eigenvalue weighted by atomic mass is 35.5. The Morgan fingerprint density at radius 3 is 2.52 bits per heavy atom. The number of benzene rings is 2. The normalized spacial score (nSPS) is 16.0. The molecule has 0 aromatic heterocycles. The average molecular weight is 377 g/mol. The maximum Gasteiger partial charge on any atom is 0.227 e. The van der Waals surface area contributed by atoms with Crippen LogP contribution in [0.15, 0.2) is 42.5 Å². The van der Waals surface area contributed by atoms with Gasteiger partial charge in [0.05, 0.1) is 0 Å². The van der Waals surface area contributed by atoms with Crippen molar-refractivity contribution in [2.45, 2.75) is 26.3 Å². The molecule has 2 aromatic carbocycles. The molecule has 1 fully saturated rings. The Labute approximate surface area is 158 Å². The Kier molecular flexibility index (Phi) is 6.00. The van der Waals surface area contributed by atoms with Crippen molar-refractivity contribution in [3.8, 4) is 0 Å². The highest BCUT2D eigenvalue weighted by Gasteiger charge is 2.25. The number of nitrogens with zero attached hydrogens (tertiary/aromatic N) is 1. The summed E-state index contributed by atoms with van der Waals surface area (Å²) in [5.41, 5.74) is 3.04. The summed E-state index contributed by atoms with van der Waals surface area (Å²) in [7, 11) is 0. The van der Waals surface area contributed by atoms with Gasteiger partial charge in [-0.2, -0.15) is 0 Å². The quantitative estimate of drug-likeness (QED) is 0.799. The van der Waals surface area contributed by atoms with Crippen LogP contribution in [-0.2, 0) is 11.3 Å². The summed E-state index contributed by atoms with van der Waals surface area (Å²) in [6, 6.07) is 13.5. The first-order valence-corrected chi connectivity index (χ1v) is 9.30. The molecule has 1 heterocycles. The minimum Gasteiger partial charge on any atom is -0.326 e. The van der Waals surface area contributed by atoms with Gasteiger partial charge in [-0.3, -0.25) is 9.69 Å². The predicted octanol–water partition coefficient (Wildman–Crippen LogP) is 5.15. The molecule has 2 aromatic rings. The van der Waals surface area contributed by atoms with E-state index in [4.69, 9.17) is 23.2 Å². The van der Waals surface area contributed by atoms with E-state index in [2.05, 4.69) is 16.3 Å². The lowest BCUT2D eigenvalue weighted by atomic mass is 9.95. The van der Waals surface area contributed by atoms with Gasteiger partial charge in [0.15, 0.2) is 0 Å². The summed E-state index contributed by atoms with van der Waals surface area (Å²) < 4.78 is 0. The zero-order valence-electron chi connectivity index (χ0n) is 14.3. The van der Waals surface area contributed by atoms with Gasteiger partial charge in [-0.25, -0.2) is 0 Å². The van der Waals surface area contributed by atoms with Gasteiger partial charge in [-0.05, 0) is 74.3 Å². The molecule has 1 aliphatic rings. The van der Waals surface area contributed by atoms with Crippen LogP contribution in [0, 0.1) is 12.8 Å². The first kappa shape index (κ1) is 18.2. The third-order valence-corrected chi connectivity index (χ3v) is 5.17. The fourth-order valence-electron chi connectivity index (χ4n) is 3.25. The van der Waals surface area contributed by atoms with Crippen molar-refractivity contribution in [2.75, 3.05) is 18.4 Å². The van der Waals surface area contributed by atoms with Crippen LogP contribution in [0.5, 0.6) is 0 Å². The van der Waals surface area contributed by atoms with Crippen molar-refractivity contribution >= 4 is 34.8 Å². The highest BCUT2D eigenvalue weighted by Crippen LogP contribution is 2.24. The number of hydrogen-bond donors (Lipinski definition) is 1. The summed E-state index contributed by atoms with van der Waals surface area (Å²) in [5.74, 6) is 0.165. The van der Waals surface area contributed by atoms with E-state index in [1.165, 1.54) is 5.56 Å². The molecule has 0 saturated carbocycles. The molecular weight excluding hydrogens is 355 g/mol. The number of carbonyl (C=O) groups excluding carboxylic acids is 1. The third kappa shape index (κ3) is 4.97. The van der Waals surface area contributed by atoms with Gasteiger partial charge in [0.25, 0.3) is 0 Å². The van der Waals surface area contributed by atoms with Crippen molar-refractivity contribution in [2.24, 2.45) is 5.92 Å². The summed E-state index contributed by atoms with van der Waals surface area (Å²) in [5, 5.41) is 4.50. The van der Waals surface area contributed by atoms with Crippen LogP contribution in [-0.4, -0.2) is 23.9 Å². The Balaban J connectivity index is 1.52. The van der Waals surface area contributed by atoms with E-state index >= 15 is 0 Å². The largest absolute Gasteiger partial charge is 0.326 e. The second-order valence-corrected chi connectivity index (χ2v) is 7.50. The van der Waals surface area contributed by atoms with Gasteiger partial charge in [0.2, 0.25) is 5.91 Å². The number of rotatable bonds is 4. The number of hydrogen-bond acceptors (Lipinski definition) is 2. The van der Waals surface area contributed by atoms with Gasteiger partial charge in [-0.1, -0.05) is 35.3 Å². The van der Waals surface area contributed by atoms with Gasteiger partial charge >= 0.3 is 0 Å². The molecule has 0 aliphatic carbocycles. The number of piperidine rings is 1. The van der Waals surface area contributed by atoms with E-state index in [0.717, 1.165) is 48.7 Å². The van der Waals surface area contributed by atoms with E-state index in [-0.39, 0.29) is 11.8 Å². The van der Waals surface area contributed by atoms with Crippen LogP contribution >= 0.6 is 23.2 Å². The standard InChI is InChI=1S/C20H22Cl2N2O/c1-14-11-18(22)5-6-19(14)23-20(25)16-7-9-24(10-8-16)13-15-3-2-4-17(21)12-15/h2-6,11-12,16H,7-10,13H2,1H3,(H,23,25). The molecule has 0 atom stereocenters. The molecule has 0 spiro atoms. The number of halogens is 2.